The van der Waals surface area contributed by atoms with Crippen LogP contribution < -0.4 is 0 Å². The van der Waals surface area contributed by atoms with E-state index in [4.69, 9.17) is 0 Å². The molecule has 1 fully saturated rings. The number of aliphatic hydroxyl groups is 2. The summed E-state index contributed by atoms with van der Waals surface area (Å²) in [6.45, 7) is -2.25. The van der Waals surface area contributed by atoms with Gasteiger partial charge in [0.15, 0.2) is 0 Å². The van der Waals surface area contributed by atoms with Crippen LogP contribution in [0, 0.1) is 0 Å². The van der Waals surface area contributed by atoms with Crippen molar-refractivity contribution in [3.8, 4) is 0 Å². The van der Waals surface area contributed by atoms with E-state index >= 15 is 0 Å². The highest BCUT2D eigenvalue weighted by Gasteiger charge is 2.54. The Kier molecular flexibility index (Phi) is 3.18. The molecule has 0 aromatic heterocycles. The number of hydrogen-bond acceptors (Lipinski definition) is 4. The molecule has 0 aliphatic carbocycles. The summed E-state index contributed by atoms with van der Waals surface area (Å²) >= 11 is 0. The van der Waals surface area contributed by atoms with Gasteiger partial charge in [-0.1, -0.05) is 0 Å². The molecular formula is C7H12F2O4. The largest absolute Gasteiger partial charge is 0.387 e. The van der Waals surface area contributed by atoms with Crippen LogP contribution in [-0.4, -0.2) is 54.8 Å². The third-order valence-corrected chi connectivity index (χ3v) is 2.09. The monoisotopic (exact) mass is 198 g/mol. The molecule has 6 heteroatoms. The SMILES string of the molecule is CO[C@H]1[C@H](O)[C@@H](CF)O[C@@]1(O)CF. The van der Waals surface area contributed by atoms with Crippen LogP contribution in [0.3, 0.4) is 0 Å². The smallest absolute Gasteiger partial charge is 0.224 e. The van der Waals surface area contributed by atoms with Gasteiger partial charge in [-0.3, -0.25) is 0 Å². The van der Waals surface area contributed by atoms with E-state index in [-0.39, 0.29) is 0 Å². The van der Waals surface area contributed by atoms with Crippen molar-refractivity contribution >= 4 is 0 Å². The van der Waals surface area contributed by atoms with E-state index in [0.29, 0.717) is 0 Å². The van der Waals surface area contributed by atoms with Gasteiger partial charge in [0.2, 0.25) is 5.79 Å². The number of rotatable bonds is 3. The van der Waals surface area contributed by atoms with Crippen LogP contribution in [0.15, 0.2) is 0 Å². The Morgan fingerprint density at radius 3 is 2.46 bits per heavy atom. The zero-order valence-electron chi connectivity index (χ0n) is 7.11. The second kappa shape index (κ2) is 3.83. The van der Waals surface area contributed by atoms with E-state index in [2.05, 4.69) is 9.47 Å². The predicted octanol–water partition coefficient (Wildman–Crippen LogP) is -0.611. The van der Waals surface area contributed by atoms with Crippen LogP contribution >= 0.6 is 0 Å². The minimum atomic E-state index is -2.23. The lowest BCUT2D eigenvalue weighted by molar-refractivity contribution is -0.240. The van der Waals surface area contributed by atoms with Gasteiger partial charge in [0, 0.05) is 7.11 Å². The molecule has 0 aromatic rings. The number of hydrogen-bond donors (Lipinski definition) is 2. The minimum Gasteiger partial charge on any atom is -0.387 e. The van der Waals surface area contributed by atoms with E-state index in [1.165, 1.54) is 7.11 Å². The number of ether oxygens (including phenoxy) is 2. The summed E-state index contributed by atoms with van der Waals surface area (Å²) in [5.74, 6) is -2.23. The molecule has 0 bridgehead atoms. The number of methoxy groups -OCH3 is 1. The van der Waals surface area contributed by atoms with Gasteiger partial charge in [0.05, 0.1) is 0 Å². The van der Waals surface area contributed by atoms with Gasteiger partial charge < -0.3 is 19.7 Å². The van der Waals surface area contributed by atoms with Crippen LogP contribution in [0.1, 0.15) is 0 Å². The maximum Gasteiger partial charge on any atom is 0.224 e. The van der Waals surface area contributed by atoms with Gasteiger partial charge in [0.1, 0.15) is 31.7 Å². The Hall–Kier alpha value is -0.300. The second-order valence-corrected chi connectivity index (χ2v) is 2.94. The topological polar surface area (TPSA) is 58.9 Å². The summed E-state index contributed by atoms with van der Waals surface area (Å²) in [7, 11) is 1.18. The predicted molar refractivity (Wildman–Crippen MR) is 38.6 cm³/mol. The van der Waals surface area contributed by atoms with Gasteiger partial charge in [-0.2, -0.15) is 0 Å². The molecular weight excluding hydrogens is 186 g/mol. The van der Waals surface area contributed by atoms with Crippen molar-refractivity contribution in [1.29, 1.82) is 0 Å². The van der Waals surface area contributed by atoms with Gasteiger partial charge >= 0.3 is 0 Å². The van der Waals surface area contributed by atoms with E-state index in [1.807, 2.05) is 0 Å². The average molecular weight is 198 g/mol. The van der Waals surface area contributed by atoms with Crippen molar-refractivity contribution in [3.05, 3.63) is 0 Å². The molecule has 1 aliphatic rings. The molecule has 1 aliphatic heterocycles. The Morgan fingerprint density at radius 2 is 2.15 bits per heavy atom. The van der Waals surface area contributed by atoms with Crippen LogP contribution in [0.25, 0.3) is 0 Å². The number of alkyl halides is 2. The first-order valence-corrected chi connectivity index (χ1v) is 3.82. The number of aliphatic hydroxyl groups excluding tert-OH is 1. The van der Waals surface area contributed by atoms with Crippen molar-refractivity contribution < 1.29 is 28.5 Å². The maximum absolute atomic E-state index is 12.3. The fourth-order valence-electron chi connectivity index (χ4n) is 1.41. The molecule has 1 rings (SSSR count). The molecule has 1 saturated heterocycles. The van der Waals surface area contributed by atoms with E-state index in [0.717, 1.165) is 0 Å². The summed E-state index contributed by atoms with van der Waals surface area (Å²) < 4.78 is 33.7. The summed E-state index contributed by atoms with van der Waals surface area (Å²) in [5, 5.41) is 18.7. The second-order valence-electron chi connectivity index (χ2n) is 2.94. The molecule has 0 radical (unpaired) electrons. The van der Waals surface area contributed by atoms with Crippen LogP contribution in [-0.2, 0) is 9.47 Å². The highest BCUT2D eigenvalue weighted by atomic mass is 19.1. The molecule has 0 amide bonds. The normalized spacial score (nSPS) is 45.5. The highest BCUT2D eigenvalue weighted by Crippen LogP contribution is 2.31. The van der Waals surface area contributed by atoms with Crippen molar-refractivity contribution in [2.45, 2.75) is 24.1 Å². The van der Waals surface area contributed by atoms with Gasteiger partial charge in [0.25, 0.3) is 0 Å². The van der Waals surface area contributed by atoms with Crippen LogP contribution in [0.2, 0.25) is 0 Å². The molecule has 0 aromatic carbocycles. The Morgan fingerprint density at radius 1 is 1.54 bits per heavy atom. The fraction of sp³-hybridized carbons (Fsp3) is 1.00. The van der Waals surface area contributed by atoms with Crippen LogP contribution in [0.5, 0.6) is 0 Å². The zero-order chi connectivity index (χ0) is 10.1. The lowest BCUT2D eigenvalue weighted by Crippen LogP contribution is -2.46. The van der Waals surface area contributed by atoms with Gasteiger partial charge in [-0.25, -0.2) is 8.78 Å². The lowest BCUT2D eigenvalue weighted by Gasteiger charge is -2.24. The van der Waals surface area contributed by atoms with Crippen molar-refractivity contribution in [2.75, 3.05) is 20.5 Å². The van der Waals surface area contributed by atoms with E-state index in [1.54, 1.807) is 0 Å². The van der Waals surface area contributed by atoms with E-state index < -0.39 is 37.4 Å². The molecule has 0 unspecified atom stereocenters. The average Bonchev–Trinajstić information content (AvgIpc) is 2.39. The van der Waals surface area contributed by atoms with Crippen molar-refractivity contribution in [1.82, 2.24) is 0 Å². The van der Waals surface area contributed by atoms with Crippen molar-refractivity contribution in [2.24, 2.45) is 0 Å². The van der Waals surface area contributed by atoms with E-state index in [9.17, 15) is 19.0 Å². The minimum absolute atomic E-state index is 0.997. The lowest BCUT2D eigenvalue weighted by atomic mass is 10.1. The quantitative estimate of drug-likeness (QED) is 0.635. The first kappa shape index (κ1) is 10.8. The summed E-state index contributed by atoms with van der Waals surface area (Å²) in [6.07, 6.45) is -3.83. The first-order valence-electron chi connectivity index (χ1n) is 3.82. The third kappa shape index (κ3) is 1.67. The highest BCUT2D eigenvalue weighted by molar-refractivity contribution is 4.96. The van der Waals surface area contributed by atoms with Crippen molar-refractivity contribution in [3.63, 3.8) is 0 Å². The summed E-state index contributed by atoms with van der Waals surface area (Å²) in [4.78, 5) is 0. The zero-order valence-corrected chi connectivity index (χ0v) is 7.11. The third-order valence-electron chi connectivity index (χ3n) is 2.09. The van der Waals surface area contributed by atoms with Crippen LogP contribution in [0.4, 0.5) is 8.78 Å². The molecule has 4 atom stereocenters. The molecule has 0 spiro atoms. The summed E-state index contributed by atoms with van der Waals surface area (Å²) in [6, 6.07) is 0. The Labute approximate surface area is 74.1 Å². The molecule has 2 N–H and O–H groups in total. The molecule has 4 nitrogen and oxygen atoms in total. The Bertz CT molecular complexity index is 180. The van der Waals surface area contributed by atoms with Gasteiger partial charge in [-0.15, -0.1) is 0 Å². The van der Waals surface area contributed by atoms with Gasteiger partial charge in [-0.05, 0) is 0 Å². The molecule has 0 saturated carbocycles. The first-order chi connectivity index (χ1) is 6.09. The molecule has 13 heavy (non-hydrogen) atoms. The molecule has 1 heterocycles. The fourth-order valence-corrected chi connectivity index (χ4v) is 1.41. The number of halogens is 2. The molecule has 78 valence electrons. The standard InChI is InChI=1S/C7H12F2O4/c1-12-6-5(10)4(2-8)13-7(6,11)3-9/h4-6,10-11H,2-3H2,1H3/t4-,5-,6+,7+/m1/s1. The Balaban J connectivity index is 2.78. The maximum atomic E-state index is 12.3. The summed E-state index contributed by atoms with van der Waals surface area (Å²) in [5.41, 5.74) is 0.